The molecule has 0 bridgehead atoms. The summed E-state index contributed by atoms with van der Waals surface area (Å²) >= 11 is 0. The highest BCUT2D eigenvalue weighted by molar-refractivity contribution is 7.91. The quantitative estimate of drug-likeness (QED) is 0.805. The fourth-order valence-corrected chi connectivity index (χ4v) is 4.41. The highest BCUT2D eigenvalue weighted by Gasteiger charge is 2.35. The Bertz CT molecular complexity index is 758. The molecule has 132 valence electrons. The van der Waals surface area contributed by atoms with E-state index in [1.807, 2.05) is 0 Å². The van der Waals surface area contributed by atoms with E-state index in [1.54, 1.807) is 13.0 Å². The first-order chi connectivity index (χ1) is 11.1. The number of benzene rings is 1. The number of esters is 1. The number of ether oxygens (including phenoxy) is 1. The highest BCUT2D eigenvalue weighted by atomic mass is 32.2. The summed E-state index contributed by atoms with van der Waals surface area (Å²) in [7, 11) is -1.61. The van der Waals surface area contributed by atoms with Gasteiger partial charge in [-0.1, -0.05) is 6.07 Å². The van der Waals surface area contributed by atoms with Gasteiger partial charge in [0.15, 0.2) is 15.9 Å². The third kappa shape index (κ3) is 4.05. The summed E-state index contributed by atoms with van der Waals surface area (Å²) in [6, 6.07) is 4.10. The minimum absolute atomic E-state index is 0.0219. The molecule has 0 aromatic heterocycles. The predicted octanol–water partition coefficient (Wildman–Crippen LogP) is 0.891. The maximum atomic E-state index is 12.3. The number of phenolic OH excluding ortho intramolecular Hbond substituents is 1. The number of likely N-dealkylation sites (N-methyl/N-ethyl adjacent to an activating group) is 1. The maximum Gasteiger partial charge on any atom is 0.342 e. The minimum Gasteiger partial charge on any atom is -0.507 e. The lowest BCUT2D eigenvalue weighted by Gasteiger charge is -2.26. The molecule has 0 aliphatic carbocycles. The maximum absolute atomic E-state index is 12.3. The molecule has 2 atom stereocenters. The summed E-state index contributed by atoms with van der Waals surface area (Å²) in [6.45, 7) is 3.19. The molecule has 0 spiro atoms. The second-order valence-corrected chi connectivity index (χ2v) is 8.30. The summed E-state index contributed by atoms with van der Waals surface area (Å²) in [5.74, 6) is -1.51. The van der Waals surface area contributed by atoms with Gasteiger partial charge < -0.3 is 14.7 Å². The van der Waals surface area contributed by atoms with E-state index in [9.17, 15) is 23.1 Å². The Labute approximate surface area is 141 Å². The smallest absolute Gasteiger partial charge is 0.342 e. The van der Waals surface area contributed by atoms with Crippen LogP contribution in [0.3, 0.4) is 0 Å². The molecule has 0 radical (unpaired) electrons. The zero-order chi connectivity index (χ0) is 18.1. The van der Waals surface area contributed by atoms with Crippen molar-refractivity contribution < 1.29 is 27.9 Å². The van der Waals surface area contributed by atoms with Crippen LogP contribution in [0.2, 0.25) is 0 Å². The van der Waals surface area contributed by atoms with Crippen LogP contribution in [0.25, 0.3) is 0 Å². The molecule has 1 amide bonds. The van der Waals surface area contributed by atoms with E-state index >= 15 is 0 Å². The molecule has 1 heterocycles. The SMILES string of the molecule is Cc1ccc(C(=O)O[C@H](C)C(=O)N(C)[C@H]2CCS(=O)(=O)C2)c(O)c1. The van der Waals surface area contributed by atoms with Crippen LogP contribution in [0.5, 0.6) is 5.75 Å². The largest absolute Gasteiger partial charge is 0.507 e. The second kappa shape index (κ2) is 6.80. The second-order valence-electron chi connectivity index (χ2n) is 6.07. The fraction of sp³-hybridized carbons (Fsp3) is 0.500. The van der Waals surface area contributed by atoms with E-state index in [-0.39, 0.29) is 22.8 Å². The van der Waals surface area contributed by atoms with E-state index < -0.39 is 33.9 Å². The van der Waals surface area contributed by atoms with Crippen LogP contribution in [0.1, 0.15) is 29.3 Å². The minimum atomic E-state index is -3.11. The molecule has 1 N–H and O–H groups in total. The number of nitrogens with zero attached hydrogens (tertiary/aromatic N) is 1. The van der Waals surface area contributed by atoms with Crippen molar-refractivity contribution in [2.24, 2.45) is 0 Å². The Morgan fingerprint density at radius 2 is 2.04 bits per heavy atom. The lowest BCUT2D eigenvalue weighted by molar-refractivity contribution is -0.140. The Kier molecular flexibility index (Phi) is 5.17. The van der Waals surface area contributed by atoms with Crippen LogP contribution in [0.4, 0.5) is 0 Å². The lowest BCUT2D eigenvalue weighted by Crippen LogP contribution is -2.44. The number of aromatic hydroxyl groups is 1. The van der Waals surface area contributed by atoms with E-state index in [0.29, 0.717) is 6.42 Å². The summed E-state index contributed by atoms with van der Waals surface area (Å²) in [6.07, 6.45) is -0.698. The third-order valence-electron chi connectivity index (χ3n) is 4.11. The summed E-state index contributed by atoms with van der Waals surface area (Å²) in [5, 5.41) is 9.79. The monoisotopic (exact) mass is 355 g/mol. The third-order valence-corrected chi connectivity index (χ3v) is 5.86. The number of hydrogen-bond donors (Lipinski definition) is 1. The van der Waals surface area contributed by atoms with Crippen molar-refractivity contribution in [2.75, 3.05) is 18.6 Å². The van der Waals surface area contributed by atoms with Crippen molar-refractivity contribution in [3.05, 3.63) is 29.3 Å². The van der Waals surface area contributed by atoms with Crippen molar-refractivity contribution in [3.8, 4) is 5.75 Å². The van der Waals surface area contributed by atoms with Crippen LogP contribution in [-0.2, 0) is 19.4 Å². The van der Waals surface area contributed by atoms with E-state index in [4.69, 9.17) is 4.74 Å². The summed E-state index contributed by atoms with van der Waals surface area (Å²) in [4.78, 5) is 25.7. The Morgan fingerprint density at radius 1 is 1.38 bits per heavy atom. The average Bonchev–Trinajstić information content (AvgIpc) is 2.85. The van der Waals surface area contributed by atoms with Gasteiger partial charge in [-0.2, -0.15) is 0 Å². The average molecular weight is 355 g/mol. The van der Waals surface area contributed by atoms with Gasteiger partial charge in [0.2, 0.25) is 0 Å². The van der Waals surface area contributed by atoms with Gasteiger partial charge in [0.1, 0.15) is 11.3 Å². The number of hydrogen-bond acceptors (Lipinski definition) is 6. The predicted molar refractivity (Wildman–Crippen MR) is 87.6 cm³/mol. The molecule has 1 aromatic rings. The topological polar surface area (TPSA) is 101 Å². The van der Waals surface area contributed by atoms with E-state index in [2.05, 4.69) is 0 Å². The highest BCUT2D eigenvalue weighted by Crippen LogP contribution is 2.21. The normalized spacial score (nSPS) is 20.4. The number of rotatable bonds is 4. The summed E-state index contributed by atoms with van der Waals surface area (Å²) in [5.41, 5.74) is 0.765. The van der Waals surface area contributed by atoms with Gasteiger partial charge in [-0.3, -0.25) is 4.79 Å². The van der Waals surface area contributed by atoms with Gasteiger partial charge >= 0.3 is 5.97 Å². The molecule has 24 heavy (non-hydrogen) atoms. The molecular formula is C16H21NO6S. The number of phenols is 1. The molecule has 1 aliphatic heterocycles. The number of aryl methyl sites for hydroxylation is 1. The van der Waals surface area contributed by atoms with Gasteiger partial charge in [-0.25, -0.2) is 13.2 Å². The van der Waals surface area contributed by atoms with Crippen molar-refractivity contribution in [3.63, 3.8) is 0 Å². The van der Waals surface area contributed by atoms with Crippen molar-refractivity contribution in [1.29, 1.82) is 0 Å². The van der Waals surface area contributed by atoms with Crippen LogP contribution in [0.15, 0.2) is 18.2 Å². The number of amides is 1. The van der Waals surface area contributed by atoms with Gasteiger partial charge in [0, 0.05) is 13.1 Å². The van der Waals surface area contributed by atoms with Crippen molar-refractivity contribution >= 4 is 21.7 Å². The zero-order valence-corrected chi connectivity index (χ0v) is 14.7. The van der Waals surface area contributed by atoms with E-state index in [1.165, 1.54) is 31.0 Å². The van der Waals surface area contributed by atoms with Gasteiger partial charge in [0.05, 0.1) is 11.5 Å². The molecule has 7 nitrogen and oxygen atoms in total. The first-order valence-electron chi connectivity index (χ1n) is 7.58. The first-order valence-corrected chi connectivity index (χ1v) is 9.40. The van der Waals surface area contributed by atoms with Gasteiger partial charge in [0.25, 0.3) is 5.91 Å². The number of carbonyl (C=O) groups excluding carboxylic acids is 2. The van der Waals surface area contributed by atoms with Gasteiger partial charge in [-0.15, -0.1) is 0 Å². The van der Waals surface area contributed by atoms with Gasteiger partial charge in [-0.05, 0) is 38.0 Å². The Morgan fingerprint density at radius 3 is 2.58 bits per heavy atom. The first kappa shape index (κ1) is 18.3. The summed E-state index contributed by atoms with van der Waals surface area (Å²) < 4.78 is 28.1. The molecule has 1 fully saturated rings. The molecule has 2 rings (SSSR count). The number of sulfone groups is 1. The lowest BCUT2D eigenvalue weighted by atomic mass is 10.1. The van der Waals surface area contributed by atoms with Crippen LogP contribution in [-0.4, -0.2) is 61.0 Å². The zero-order valence-electron chi connectivity index (χ0n) is 13.9. The van der Waals surface area contributed by atoms with Crippen LogP contribution in [0, 0.1) is 6.92 Å². The fourth-order valence-electron chi connectivity index (χ4n) is 2.64. The van der Waals surface area contributed by atoms with Crippen LogP contribution < -0.4 is 0 Å². The molecule has 0 unspecified atom stereocenters. The molecule has 1 aromatic carbocycles. The van der Waals surface area contributed by atoms with Crippen LogP contribution >= 0.6 is 0 Å². The Hall–Kier alpha value is -2.09. The standard InChI is InChI=1S/C16H21NO6S/c1-10-4-5-13(14(18)8-10)16(20)23-11(2)15(19)17(3)12-6-7-24(21,22)9-12/h4-5,8,11-12,18H,6-7,9H2,1-3H3/t11-,12+/m1/s1. The van der Waals surface area contributed by atoms with Crippen molar-refractivity contribution in [1.82, 2.24) is 4.90 Å². The van der Waals surface area contributed by atoms with E-state index in [0.717, 1.165) is 5.56 Å². The molecule has 1 saturated heterocycles. The number of carbonyl (C=O) groups is 2. The Balaban J connectivity index is 2.02. The molecular weight excluding hydrogens is 334 g/mol. The molecule has 1 aliphatic rings. The molecule has 0 saturated carbocycles. The molecule has 8 heteroatoms. The van der Waals surface area contributed by atoms with Crippen molar-refractivity contribution in [2.45, 2.75) is 32.4 Å².